The molecule has 0 radical (unpaired) electrons. The van der Waals surface area contributed by atoms with Crippen molar-refractivity contribution in [3.05, 3.63) is 71.2 Å². The number of hydrogen-bond donors (Lipinski definition) is 0. The minimum absolute atomic E-state index is 0.0391. The van der Waals surface area contributed by atoms with Gasteiger partial charge in [0.15, 0.2) is 11.7 Å². The summed E-state index contributed by atoms with van der Waals surface area (Å²) < 4.78 is 7.05. The van der Waals surface area contributed by atoms with Gasteiger partial charge in [-0.05, 0) is 46.9 Å². The number of thiophene rings is 1. The maximum Gasteiger partial charge on any atom is 0.191 e. The van der Waals surface area contributed by atoms with Gasteiger partial charge in [-0.1, -0.05) is 45.0 Å². The molecule has 5 rings (SSSR count). The Bertz CT molecular complexity index is 1400. The second kappa shape index (κ2) is 6.78. The third-order valence-electron chi connectivity index (χ3n) is 5.59. The topological polar surface area (TPSA) is 38.9 Å². The Morgan fingerprint density at radius 1 is 0.933 bits per heavy atom. The first-order valence-corrected chi connectivity index (χ1v) is 11.0. The van der Waals surface area contributed by atoms with Crippen LogP contribution in [0, 0.1) is 13.8 Å². The summed E-state index contributed by atoms with van der Waals surface area (Å²) in [6, 6.07) is 15.3. The monoisotopic (exact) mass is 412 g/mol. The summed E-state index contributed by atoms with van der Waals surface area (Å²) in [6.07, 6.45) is 3.72. The van der Waals surface area contributed by atoms with E-state index in [-0.39, 0.29) is 5.41 Å². The predicted molar refractivity (Wildman–Crippen MR) is 126 cm³/mol. The van der Waals surface area contributed by atoms with Gasteiger partial charge in [-0.25, -0.2) is 4.98 Å². The Hall–Kier alpha value is -2.98. The molecule has 2 aromatic carbocycles. The van der Waals surface area contributed by atoms with E-state index < -0.39 is 0 Å². The maximum absolute atomic E-state index is 5.86. The van der Waals surface area contributed by atoms with Gasteiger partial charge in [0.25, 0.3) is 0 Å². The zero-order valence-electron chi connectivity index (χ0n) is 17.9. The molecule has 0 saturated heterocycles. The van der Waals surface area contributed by atoms with Gasteiger partial charge in [0.1, 0.15) is 0 Å². The molecule has 3 aromatic heterocycles. The van der Waals surface area contributed by atoms with E-state index in [9.17, 15) is 0 Å². The highest BCUT2D eigenvalue weighted by Gasteiger charge is 2.21. The first-order valence-electron chi connectivity index (χ1n) is 10.2. The van der Waals surface area contributed by atoms with Crippen molar-refractivity contribution >= 4 is 32.2 Å². The predicted octanol–water partition coefficient (Wildman–Crippen LogP) is 7.69. The molecule has 0 aliphatic carbocycles. The Labute approximate surface area is 180 Å². The second-order valence-corrected chi connectivity index (χ2v) is 10.0. The summed E-state index contributed by atoms with van der Waals surface area (Å²) in [5.74, 6) is 1.50. The number of hydrogen-bond acceptors (Lipinski definition) is 4. The molecule has 0 atom stereocenters. The minimum atomic E-state index is 0.0391. The van der Waals surface area contributed by atoms with Crippen molar-refractivity contribution in [2.45, 2.75) is 40.0 Å². The number of rotatable bonds is 2. The minimum Gasteiger partial charge on any atom is -0.441 e. The van der Waals surface area contributed by atoms with Crippen LogP contribution in [0.5, 0.6) is 0 Å². The Morgan fingerprint density at radius 3 is 2.47 bits per heavy atom. The molecule has 5 aromatic rings. The van der Waals surface area contributed by atoms with E-state index >= 15 is 0 Å². The standard InChI is InChI=1S/C26H24N2OS/c1-15-23(22-14-28-16(2)29-22)20-10-11-27-24(25(20)30-15)18-12-17-8-6-7-9-19(17)21(13-18)26(3,4)5/h6-14H,1-5H3. The van der Waals surface area contributed by atoms with Crippen LogP contribution in [0.3, 0.4) is 0 Å². The van der Waals surface area contributed by atoms with Gasteiger partial charge < -0.3 is 4.42 Å². The van der Waals surface area contributed by atoms with Gasteiger partial charge in [0, 0.05) is 34.5 Å². The van der Waals surface area contributed by atoms with E-state index in [0.717, 1.165) is 22.6 Å². The molecule has 0 amide bonds. The van der Waals surface area contributed by atoms with Gasteiger partial charge >= 0.3 is 0 Å². The fourth-order valence-corrected chi connectivity index (χ4v) is 5.36. The fourth-order valence-electron chi connectivity index (χ4n) is 4.20. The van der Waals surface area contributed by atoms with Crippen molar-refractivity contribution in [3.8, 4) is 22.6 Å². The molecule has 0 fully saturated rings. The van der Waals surface area contributed by atoms with Crippen molar-refractivity contribution in [3.63, 3.8) is 0 Å². The van der Waals surface area contributed by atoms with Crippen LogP contribution in [-0.2, 0) is 5.41 Å². The molecular formula is C26H24N2OS. The van der Waals surface area contributed by atoms with Crippen LogP contribution in [0.15, 0.2) is 59.3 Å². The molecule has 30 heavy (non-hydrogen) atoms. The normalized spacial score (nSPS) is 12.2. The quantitative estimate of drug-likeness (QED) is 0.298. The molecular weight excluding hydrogens is 388 g/mol. The van der Waals surface area contributed by atoms with Crippen molar-refractivity contribution in [2.24, 2.45) is 0 Å². The average Bonchev–Trinajstić information content (AvgIpc) is 3.27. The highest BCUT2D eigenvalue weighted by atomic mass is 32.1. The van der Waals surface area contributed by atoms with Crippen molar-refractivity contribution in [1.82, 2.24) is 9.97 Å². The van der Waals surface area contributed by atoms with Crippen molar-refractivity contribution < 1.29 is 4.42 Å². The first kappa shape index (κ1) is 19.0. The molecule has 0 N–H and O–H groups in total. The van der Waals surface area contributed by atoms with E-state index in [1.807, 2.05) is 19.3 Å². The lowest BCUT2D eigenvalue weighted by Crippen LogP contribution is -2.12. The van der Waals surface area contributed by atoms with Crippen LogP contribution in [0.2, 0.25) is 0 Å². The van der Waals surface area contributed by atoms with E-state index in [2.05, 4.69) is 75.1 Å². The summed E-state index contributed by atoms with van der Waals surface area (Å²) in [6.45, 7) is 10.8. The molecule has 0 aliphatic heterocycles. The summed E-state index contributed by atoms with van der Waals surface area (Å²) >= 11 is 1.77. The zero-order valence-corrected chi connectivity index (χ0v) is 18.7. The summed E-state index contributed by atoms with van der Waals surface area (Å²) in [5, 5.41) is 3.73. The lowest BCUT2D eigenvalue weighted by Gasteiger charge is -2.22. The van der Waals surface area contributed by atoms with E-state index in [1.165, 1.54) is 31.3 Å². The maximum atomic E-state index is 5.86. The summed E-state index contributed by atoms with van der Waals surface area (Å²) in [7, 11) is 0. The van der Waals surface area contributed by atoms with Crippen molar-refractivity contribution in [1.29, 1.82) is 0 Å². The van der Waals surface area contributed by atoms with Crippen LogP contribution in [0.25, 0.3) is 43.4 Å². The van der Waals surface area contributed by atoms with E-state index in [4.69, 9.17) is 9.40 Å². The number of aryl methyl sites for hydroxylation is 2. The number of pyridine rings is 1. The number of oxazole rings is 1. The SMILES string of the molecule is Cc1ncc(-c2c(C)sc3c(-c4cc(C(C)(C)C)c5ccccc5c4)nccc23)o1. The van der Waals surface area contributed by atoms with E-state index in [0.29, 0.717) is 5.89 Å². The molecule has 150 valence electrons. The zero-order chi connectivity index (χ0) is 21.0. The number of nitrogens with zero attached hydrogens (tertiary/aromatic N) is 2. The lowest BCUT2D eigenvalue weighted by atomic mass is 9.82. The number of aromatic nitrogens is 2. The van der Waals surface area contributed by atoms with Crippen LogP contribution >= 0.6 is 11.3 Å². The molecule has 0 saturated carbocycles. The molecule has 0 bridgehead atoms. The highest BCUT2D eigenvalue weighted by Crippen LogP contribution is 2.43. The van der Waals surface area contributed by atoms with Gasteiger partial charge in [-0.15, -0.1) is 11.3 Å². The largest absolute Gasteiger partial charge is 0.441 e. The number of benzene rings is 2. The first-order chi connectivity index (χ1) is 14.3. The third kappa shape index (κ3) is 3.03. The smallest absolute Gasteiger partial charge is 0.191 e. The third-order valence-corrected chi connectivity index (χ3v) is 6.72. The van der Waals surface area contributed by atoms with Crippen LogP contribution in [0.1, 0.15) is 37.1 Å². The fraction of sp³-hybridized carbons (Fsp3) is 0.231. The lowest BCUT2D eigenvalue weighted by molar-refractivity contribution is 0.535. The molecule has 0 unspecified atom stereocenters. The number of fused-ring (bicyclic) bond motifs is 2. The second-order valence-electron chi connectivity index (χ2n) is 8.81. The van der Waals surface area contributed by atoms with Crippen LogP contribution < -0.4 is 0 Å². The molecule has 3 nitrogen and oxygen atoms in total. The molecule has 0 spiro atoms. The van der Waals surface area contributed by atoms with Gasteiger partial charge in [-0.3, -0.25) is 4.98 Å². The Morgan fingerprint density at radius 2 is 1.73 bits per heavy atom. The Kier molecular flexibility index (Phi) is 4.30. The molecule has 3 heterocycles. The van der Waals surface area contributed by atoms with Crippen LogP contribution in [-0.4, -0.2) is 9.97 Å². The molecule has 4 heteroatoms. The molecule has 0 aliphatic rings. The van der Waals surface area contributed by atoms with Crippen LogP contribution in [0.4, 0.5) is 0 Å². The van der Waals surface area contributed by atoms with Gasteiger partial charge in [0.05, 0.1) is 16.6 Å². The van der Waals surface area contributed by atoms with E-state index in [1.54, 1.807) is 11.3 Å². The Balaban J connectivity index is 1.80. The summed E-state index contributed by atoms with van der Waals surface area (Å²) in [4.78, 5) is 10.3. The van der Waals surface area contributed by atoms with Crippen molar-refractivity contribution in [2.75, 3.05) is 0 Å². The van der Waals surface area contributed by atoms with Gasteiger partial charge in [0.2, 0.25) is 0 Å². The average molecular weight is 413 g/mol. The highest BCUT2D eigenvalue weighted by molar-refractivity contribution is 7.20. The summed E-state index contributed by atoms with van der Waals surface area (Å²) in [5.41, 5.74) is 4.69. The van der Waals surface area contributed by atoms with Gasteiger partial charge in [-0.2, -0.15) is 0 Å².